The van der Waals surface area contributed by atoms with Gasteiger partial charge in [-0.3, -0.25) is 14.5 Å². The number of fused-ring (bicyclic) bond motifs is 1. The first-order valence-corrected chi connectivity index (χ1v) is 7.95. The second-order valence-electron chi connectivity index (χ2n) is 6.94. The number of thioether (sulfide) groups is 1. The van der Waals surface area contributed by atoms with E-state index >= 15 is 0 Å². The maximum absolute atomic E-state index is 12.3. The molecule has 0 aromatic heterocycles. The zero-order valence-corrected chi connectivity index (χ0v) is 14.5. The Kier molecular flexibility index (Phi) is 4.30. The van der Waals surface area contributed by atoms with Crippen molar-refractivity contribution in [3.05, 3.63) is 5.53 Å². The highest BCUT2D eigenvalue weighted by Gasteiger charge is 2.67. The number of carbonyl (C=O) groups excluding carboxylic acids is 3. The van der Waals surface area contributed by atoms with E-state index < -0.39 is 46.2 Å². The van der Waals surface area contributed by atoms with Gasteiger partial charge in [0.15, 0.2) is 5.37 Å². The van der Waals surface area contributed by atoms with Crippen LogP contribution in [0.4, 0.5) is 0 Å². The second-order valence-corrected chi connectivity index (χ2v) is 8.67. The molecule has 0 N–H and O–H groups in total. The van der Waals surface area contributed by atoms with E-state index in [1.54, 1.807) is 34.6 Å². The molecule has 2 rings (SSSR count). The van der Waals surface area contributed by atoms with Crippen molar-refractivity contribution in [3.63, 3.8) is 0 Å². The van der Waals surface area contributed by atoms with Crippen molar-refractivity contribution < 1.29 is 28.6 Å². The van der Waals surface area contributed by atoms with E-state index in [9.17, 15) is 14.4 Å². The van der Waals surface area contributed by atoms with Crippen LogP contribution < -0.4 is 0 Å². The van der Waals surface area contributed by atoms with E-state index in [2.05, 4.69) is 4.79 Å². The van der Waals surface area contributed by atoms with Crippen molar-refractivity contribution in [2.45, 2.75) is 50.8 Å². The summed E-state index contributed by atoms with van der Waals surface area (Å²) in [6.07, 6.45) is 0. The van der Waals surface area contributed by atoms with E-state index in [1.165, 1.54) is 16.7 Å². The van der Waals surface area contributed by atoms with Gasteiger partial charge in [-0.05, 0) is 34.6 Å². The Morgan fingerprint density at radius 2 is 1.96 bits per heavy atom. The van der Waals surface area contributed by atoms with Gasteiger partial charge >= 0.3 is 23.6 Å². The number of esters is 2. The van der Waals surface area contributed by atoms with Gasteiger partial charge in [0.2, 0.25) is 6.79 Å². The van der Waals surface area contributed by atoms with Gasteiger partial charge in [-0.15, -0.1) is 11.8 Å². The van der Waals surface area contributed by atoms with Crippen molar-refractivity contribution in [1.82, 2.24) is 4.90 Å². The summed E-state index contributed by atoms with van der Waals surface area (Å²) in [7, 11) is 0. The third kappa shape index (κ3) is 2.98. The first kappa shape index (κ1) is 17.5. The van der Waals surface area contributed by atoms with Crippen molar-refractivity contribution >= 4 is 35.3 Å². The Morgan fingerprint density at radius 3 is 2.48 bits per heavy atom. The zero-order chi connectivity index (χ0) is 17.6. The van der Waals surface area contributed by atoms with Crippen LogP contribution in [0.5, 0.6) is 0 Å². The molecule has 1 amide bonds. The number of hydrogen-bond donors (Lipinski definition) is 0. The summed E-state index contributed by atoms with van der Waals surface area (Å²) < 4.78 is 9.29. The van der Waals surface area contributed by atoms with Gasteiger partial charge in [-0.2, -0.15) is 4.79 Å². The summed E-state index contributed by atoms with van der Waals surface area (Å²) in [5.41, 5.74) is 8.16. The number of β-lactam (4-membered cyclic amide) rings is 1. The topological polar surface area (TPSA) is 109 Å². The Bertz CT molecular complexity index is 618. The standard InChI is InChI=1S/C14H19N3O5S/c1-13(2,3)12(20)22-6-21-11(19)8-14(4,5)23-10-7(16-15)9(18)17(8)10/h8,10H,6H2,1-5H3/t8-,10-/m0/s1. The molecule has 2 aliphatic heterocycles. The molecule has 0 aromatic rings. The SMILES string of the molecule is CC(C)(C)C(=O)OCOC(=O)[C@@H]1N2C(=O)C(=[N+]=[N-])[C@@H]2SC1(C)C. The maximum Gasteiger partial charge on any atom is 0.388 e. The number of nitrogens with zero attached hydrogens (tertiary/aromatic N) is 3. The molecule has 0 unspecified atom stereocenters. The molecule has 2 fully saturated rings. The minimum absolute atomic E-state index is 0.0255. The molecule has 2 atom stereocenters. The summed E-state index contributed by atoms with van der Waals surface area (Å²) in [5, 5.41) is -0.461. The fourth-order valence-electron chi connectivity index (χ4n) is 2.39. The summed E-state index contributed by atoms with van der Waals surface area (Å²) >= 11 is 1.34. The lowest BCUT2D eigenvalue weighted by molar-refractivity contribution is -0.178. The Labute approximate surface area is 138 Å². The number of ether oxygens (including phenoxy) is 2. The van der Waals surface area contributed by atoms with Gasteiger partial charge in [-0.25, -0.2) is 4.79 Å². The van der Waals surface area contributed by atoms with Crippen LogP contribution in [0.3, 0.4) is 0 Å². The first-order valence-electron chi connectivity index (χ1n) is 7.07. The van der Waals surface area contributed by atoms with Gasteiger partial charge in [0.25, 0.3) is 0 Å². The van der Waals surface area contributed by atoms with E-state index in [4.69, 9.17) is 15.0 Å². The van der Waals surface area contributed by atoms with Crippen LogP contribution in [-0.4, -0.2) is 56.2 Å². The first-order chi connectivity index (χ1) is 10.5. The van der Waals surface area contributed by atoms with Crippen LogP contribution in [0, 0.1) is 5.41 Å². The zero-order valence-electron chi connectivity index (χ0n) is 13.7. The van der Waals surface area contributed by atoms with E-state index in [-0.39, 0.29) is 5.71 Å². The fourth-order valence-corrected chi connectivity index (χ4v) is 3.89. The molecule has 0 spiro atoms. The third-order valence-electron chi connectivity index (χ3n) is 3.63. The molecule has 23 heavy (non-hydrogen) atoms. The molecule has 0 aromatic carbocycles. The van der Waals surface area contributed by atoms with E-state index in [0.717, 1.165) is 0 Å². The van der Waals surface area contributed by atoms with Crippen LogP contribution in [0.1, 0.15) is 34.6 Å². The maximum atomic E-state index is 12.3. The summed E-state index contributed by atoms with van der Waals surface area (Å²) in [6.45, 7) is 8.16. The van der Waals surface area contributed by atoms with Gasteiger partial charge in [0, 0.05) is 4.75 Å². The van der Waals surface area contributed by atoms with E-state index in [1.807, 2.05) is 0 Å². The smallest absolute Gasteiger partial charge is 0.388 e. The lowest BCUT2D eigenvalue weighted by atomic mass is 9.97. The minimum atomic E-state index is -0.830. The van der Waals surface area contributed by atoms with Crippen LogP contribution in [0.2, 0.25) is 0 Å². The molecule has 2 aliphatic rings. The largest absolute Gasteiger partial charge is 0.427 e. The van der Waals surface area contributed by atoms with Crippen LogP contribution in [0.25, 0.3) is 5.53 Å². The van der Waals surface area contributed by atoms with Gasteiger partial charge in [0.1, 0.15) is 6.04 Å². The highest BCUT2D eigenvalue weighted by molar-refractivity contribution is 8.02. The predicted octanol–water partition coefficient (Wildman–Crippen LogP) is 0.810. The monoisotopic (exact) mass is 341 g/mol. The highest BCUT2D eigenvalue weighted by atomic mass is 32.2. The average molecular weight is 341 g/mol. The third-order valence-corrected chi connectivity index (χ3v) is 5.13. The average Bonchev–Trinajstić information content (AvgIpc) is 2.66. The van der Waals surface area contributed by atoms with Crippen molar-refractivity contribution in [3.8, 4) is 0 Å². The molecule has 2 saturated heterocycles. The minimum Gasteiger partial charge on any atom is -0.427 e. The van der Waals surface area contributed by atoms with Crippen LogP contribution >= 0.6 is 11.8 Å². The van der Waals surface area contributed by atoms with Crippen molar-refractivity contribution in [2.75, 3.05) is 6.79 Å². The molecule has 8 nitrogen and oxygen atoms in total. The van der Waals surface area contributed by atoms with Gasteiger partial charge < -0.3 is 15.0 Å². The number of amides is 1. The predicted molar refractivity (Wildman–Crippen MR) is 81.2 cm³/mol. The normalized spacial score (nSPS) is 25.3. The Hall–Kier alpha value is -1.86. The Balaban J connectivity index is 2.01. The van der Waals surface area contributed by atoms with Crippen molar-refractivity contribution in [2.24, 2.45) is 5.41 Å². The van der Waals surface area contributed by atoms with E-state index in [0.29, 0.717) is 0 Å². The molecule has 0 saturated carbocycles. The Morgan fingerprint density at radius 1 is 1.35 bits per heavy atom. The molecule has 0 aliphatic carbocycles. The summed E-state index contributed by atoms with van der Waals surface area (Å²) in [6, 6.07) is -0.830. The molecule has 0 radical (unpaired) electrons. The van der Waals surface area contributed by atoms with Gasteiger partial charge in [-0.1, -0.05) is 0 Å². The summed E-state index contributed by atoms with van der Waals surface area (Å²) in [4.78, 5) is 40.1. The molecule has 0 bridgehead atoms. The van der Waals surface area contributed by atoms with Crippen molar-refractivity contribution in [1.29, 1.82) is 0 Å². The molecular weight excluding hydrogens is 322 g/mol. The molecule has 9 heteroatoms. The van der Waals surface area contributed by atoms with Gasteiger partial charge in [0.05, 0.1) is 5.41 Å². The summed E-state index contributed by atoms with van der Waals surface area (Å²) in [5.74, 6) is -1.64. The van der Waals surface area contributed by atoms with Crippen LogP contribution in [0.15, 0.2) is 0 Å². The number of carbonyl (C=O) groups is 3. The lowest BCUT2D eigenvalue weighted by Crippen LogP contribution is -2.64. The molecular formula is C14H19N3O5S. The quantitative estimate of drug-likeness (QED) is 0.247. The lowest BCUT2D eigenvalue weighted by Gasteiger charge is -2.33. The number of hydrogen-bond acceptors (Lipinski definition) is 6. The highest BCUT2D eigenvalue weighted by Crippen LogP contribution is 2.49. The van der Waals surface area contributed by atoms with Crippen LogP contribution in [-0.2, 0) is 23.9 Å². The molecule has 126 valence electrons. The number of rotatable bonds is 3. The second kappa shape index (κ2) is 5.65. The fraction of sp³-hybridized carbons (Fsp3) is 0.714. The molecule has 2 heterocycles.